The number of benzene rings is 1. The lowest BCUT2D eigenvalue weighted by Crippen LogP contribution is -2.14. The number of hydrogen-bond donors (Lipinski definition) is 1. The zero-order valence-electron chi connectivity index (χ0n) is 17.2. The van der Waals surface area contributed by atoms with Crippen molar-refractivity contribution in [2.24, 2.45) is 0 Å². The fourth-order valence-corrected chi connectivity index (χ4v) is 3.75. The van der Waals surface area contributed by atoms with Crippen molar-refractivity contribution in [3.63, 3.8) is 0 Å². The normalized spacial score (nSPS) is 11.1. The van der Waals surface area contributed by atoms with Crippen LogP contribution in [0.5, 0.6) is 0 Å². The van der Waals surface area contributed by atoms with Crippen LogP contribution in [-0.2, 0) is 0 Å². The molecule has 0 radical (unpaired) electrons. The number of rotatable bonds is 4. The van der Waals surface area contributed by atoms with E-state index in [-0.39, 0.29) is 5.91 Å². The summed E-state index contributed by atoms with van der Waals surface area (Å²) in [4.78, 5) is 25.6. The summed E-state index contributed by atoms with van der Waals surface area (Å²) >= 11 is 6.37. The van der Waals surface area contributed by atoms with Crippen molar-refractivity contribution in [2.45, 2.75) is 13.8 Å². The van der Waals surface area contributed by atoms with Gasteiger partial charge >= 0.3 is 0 Å². The highest BCUT2D eigenvalue weighted by atomic mass is 35.5. The maximum Gasteiger partial charge on any atom is 0.259 e. The fourth-order valence-electron chi connectivity index (χ4n) is 3.51. The molecule has 0 atom stereocenters. The number of carbonyl (C=O) groups is 1. The number of fused-ring (bicyclic) bond motifs is 1. The first-order chi connectivity index (χ1) is 15.5. The van der Waals surface area contributed by atoms with Crippen LogP contribution >= 0.6 is 11.6 Å². The molecule has 0 unspecified atom stereocenters. The zero-order chi connectivity index (χ0) is 22.2. The number of halogens is 1. The van der Waals surface area contributed by atoms with Crippen molar-refractivity contribution in [3.8, 4) is 11.5 Å². The van der Waals surface area contributed by atoms with E-state index in [1.54, 1.807) is 30.1 Å². The highest BCUT2D eigenvalue weighted by Gasteiger charge is 2.18. The van der Waals surface area contributed by atoms with Gasteiger partial charge in [-0.3, -0.25) is 9.78 Å². The third-order valence-electron chi connectivity index (χ3n) is 5.13. The second-order valence-electron chi connectivity index (χ2n) is 7.14. The standard InChI is InChI=1S/C22H17ClN8O/c1-13-18(10-27-30(13)20-11-24-8-15-5-3-4-6-17(15)20)22(32)29-16-7-19(23)21(25-9-16)31-14(2)26-12-28-31/h3-12H,1-2H3,(H,29,32). The number of hydrogen-bond acceptors (Lipinski definition) is 6. The van der Waals surface area contributed by atoms with Crippen molar-refractivity contribution in [1.82, 2.24) is 34.5 Å². The summed E-state index contributed by atoms with van der Waals surface area (Å²) < 4.78 is 3.24. The van der Waals surface area contributed by atoms with Gasteiger partial charge in [-0.1, -0.05) is 35.9 Å². The van der Waals surface area contributed by atoms with Gasteiger partial charge in [-0.05, 0) is 19.9 Å². The fraction of sp³-hybridized carbons (Fsp3) is 0.0909. The summed E-state index contributed by atoms with van der Waals surface area (Å²) in [5.74, 6) is 0.777. The predicted molar refractivity (Wildman–Crippen MR) is 120 cm³/mol. The molecule has 0 saturated carbocycles. The van der Waals surface area contributed by atoms with Crippen LogP contribution in [0, 0.1) is 13.8 Å². The van der Waals surface area contributed by atoms with Gasteiger partial charge in [0.05, 0.1) is 46.2 Å². The van der Waals surface area contributed by atoms with Crippen LogP contribution < -0.4 is 5.32 Å². The van der Waals surface area contributed by atoms with Gasteiger partial charge in [0.1, 0.15) is 12.2 Å². The summed E-state index contributed by atoms with van der Waals surface area (Å²) in [6.45, 7) is 3.64. The van der Waals surface area contributed by atoms with Crippen molar-refractivity contribution in [2.75, 3.05) is 5.32 Å². The van der Waals surface area contributed by atoms with Crippen LogP contribution in [0.3, 0.4) is 0 Å². The number of aromatic nitrogens is 7. The third-order valence-corrected chi connectivity index (χ3v) is 5.41. The first kappa shape index (κ1) is 19.8. The molecular formula is C22H17ClN8O. The molecule has 4 aromatic heterocycles. The molecule has 0 aliphatic heterocycles. The highest BCUT2D eigenvalue weighted by molar-refractivity contribution is 6.32. The average Bonchev–Trinajstić information content (AvgIpc) is 3.39. The summed E-state index contributed by atoms with van der Waals surface area (Å²) in [5.41, 5.74) is 2.39. The Balaban J connectivity index is 1.43. The number of nitrogens with zero attached hydrogens (tertiary/aromatic N) is 7. The van der Waals surface area contributed by atoms with E-state index in [2.05, 4.69) is 30.5 Å². The van der Waals surface area contributed by atoms with Crippen LogP contribution in [0.2, 0.25) is 5.02 Å². The van der Waals surface area contributed by atoms with Gasteiger partial charge in [0.2, 0.25) is 0 Å². The minimum atomic E-state index is -0.315. The van der Waals surface area contributed by atoms with Crippen LogP contribution in [0.1, 0.15) is 21.9 Å². The number of anilines is 1. The van der Waals surface area contributed by atoms with Crippen LogP contribution in [0.4, 0.5) is 5.69 Å². The van der Waals surface area contributed by atoms with E-state index < -0.39 is 0 Å². The smallest absolute Gasteiger partial charge is 0.259 e. The van der Waals surface area contributed by atoms with E-state index >= 15 is 0 Å². The van der Waals surface area contributed by atoms with Gasteiger partial charge in [-0.25, -0.2) is 14.6 Å². The van der Waals surface area contributed by atoms with Crippen molar-refractivity contribution >= 4 is 34.0 Å². The van der Waals surface area contributed by atoms with E-state index in [1.807, 2.05) is 31.2 Å². The molecule has 0 aliphatic carbocycles. The summed E-state index contributed by atoms with van der Waals surface area (Å²) in [6, 6.07) is 9.52. The van der Waals surface area contributed by atoms with Crippen LogP contribution in [0.25, 0.3) is 22.3 Å². The minimum absolute atomic E-state index is 0.315. The van der Waals surface area contributed by atoms with E-state index in [1.165, 1.54) is 23.4 Å². The number of pyridine rings is 2. The van der Waals surface area contributed by atoms with Gasteiger partial charge in [0.15, 0.2) is 5.82 Å². The SMILES string of the molecule is Cc1ncnn1-c1ncc(NC(=O)c2cnn(-c3cncc4ccccc34)c2C)cc1Cl. The molecule has 0 spiro atoms. The average molecular weight is 445 g/mol. The van der Waals surface area contributed by atoms with Crippen molar-refractivity contribution < 1.29 is 4.79 Å². The third kappa shape index (κ3) is 3.38. The molecule has 0 fully saturated rings. The Hall–Kier alpha value is -4.11. The molecule has 5 rings (SSSR count). The molecular weight excluding hydrogens is 428 g/mol. The van der Waals surface area contributed by atoms with Gasteiger partial charge in [-0.2, -0.15) is 14.9 Å². The number of amides is 1. The summed E-state index contributed by atoms with van der Waals surface area (Å²) in [7, 11) is 0. The molecule has 1 aromatic carbocycles. The van der Waals surface area contributed by atoms with E-state index in [9.17, 15) is 4.79 Å². The first-order valence-corrected chi connectivity index (χ1v) is 10.1. The Morgan fingerprint density at radius 2 is 1.84 bits per heavy atom. The Bertz CT molecular complexity index is 1470. The molecule has 158 valence electrons. The summed E-state index contributed by atoms with van der Waals surface area (Å²) in [5, 5.41) is 13.7. The molecule has 4 heterocycles. The quantitative estimate of drug-likeness (QED) is 0.450. The monoisotopic (exact) mass is 444 g/mol. The lowest BCUT2D eigenvalue weighted by molar-refractivity contribution is 0.102. The molecule has 5 aromatic rings. The minimum Gasteiger partial charge on any atom is -0.320 e. The zero-order valence-corrected chi connectivity index (χ0v) is 17.9. The van der Waals surface area contributed by atoms with E-state index in [0.717, 1.165) is 16.5 Å². The number of nitrogens with one attached hydrogen (secondary N) is 1. The van der Waals surface area contributed by atoms with Gasteiger partial charge in [-0.15, -0.1) is 0 Å². The van der Waals surface area contributed by atoms with Crippen molar-refractivity contribution in [1.29, 1.82) is 0 Å². The molecule has 0 bridgehead atoms. The maximum atomic E-state index is 12.9. The molecule has 9 nitrogen and oxygen atoms in total. The lowest BCUT2D eigenvalue weighted by Gasteiger charge is -2.10. The molecule has 10 heteroatoms. The lowest BCUT2D eigenvalue weighted by atomic mass is 10.1. The largest absolute Gasteiger partial charge is 0.320 e. The Kier molecular flexibility index (Phi) is 4.87. The van der Waals surface area contributed by atoms with Gasteiger partial charge in [0, 0.05) is 17.0 Å². The molecule has 32 heavy (non-hydrogen) atoms. The Morgan fingerprint density at radius 3 is 2.62 bits per heavy atom. The van der Waals surface area contributed by atoms with E-state index in [4.69, 9.17) is 11.6 Å². The highest BCUT2D eigenvalue weighted by Crippen LogP contribution is 2.25. The number of carbonyl (C=O) groups excluding carboxylic acids is 1. The first-order valence-electron chi connectivity index (χ1n) is 9.74. The van der Waals surface area contributed by atoms with Gasteiger partial charge < -0.3 is 5.32 Å². The molecule has 0 aliphatic rings. The molecule has 1 N–H and O–H groups in total. The summed E-state index contributed by atoms with van der Waals surface area (Å²) in [6.07, 6.45) is 8.02. The van der Waals surface area contributed by atoms with E-state index in [0.29, 0.717) is 33.6 Å². The second-order valence-corrected chi connectivity index (χ2v) is 7.55. The van der Waals surface area contributed by atoms with Gasteiger partial charge in [0.25, 0.3) is 5.91 Å². The topological polar surface area (TPSA) is 103 Å². The Labute approximate surface area is 187 Å². The predicted octanol–water partition coefficient (Wildman–Crippen LogP) is 3.92. The second kappa shape index (κ2) is 7.86. The maximum absolute atomic E-state index is 12.9. The van der Waals surface area contributed by atoms with Crippen LogP contribution in [0.15, 0.2) is 61.4 Å². The molecule has 1 amide bonds. The molecule has 0 saturated heterocycles. The Morgan fingerprint density at radius 1 is 1.00 bits per heavy atom. The van der Waals surface area contributed by atoms with Crippen LogP contribution in [-0.4, -0.2) is 40.4 Å². The van der Waals surface area contributed by atoms with Crippen molar-refractivity contribution in [3.05, 3.63) is 83.6 Å². The number of aryl methyl sites for hydroxylation is 1.